The maximum atomic E-state index is 11.1. The SMILES string of the molecule is CN(CCS(C)(=O)=O)c1ccc(CN)cc1Br. The van der Waals surface area contributed by atoms with Gasteiger partial charge in [-0.25, -0.2) is 8.42 Å². The third-order valence-electron chi connectivity index (χ3n) is 2.46. The van der Waals surface area contributed by atoms with E-state index < -0.39 is 9.84 Å². The predicted octanol–water partition coefficient (Wildman–Crippen LogP) is 1.39. The first-order chi connectivity index (χ1) is 7.83. The highest BCUT2D eigenvalue weighted by molar-refractivity contribution is 9.10. The summed E-state index contributed by atoms with van der Waals surface area (Å²) in [6, 6.07) is 5.83. The molecule has 0 aromatic heterocycles. The summed E-state index contributed by atoms with van der Waals surface area (Å²) in [7, 11) is -1.06. The van der Waals surface area contributed by atoms with Crippen LogP contribution in [-0.4, -0.2) is 34.0 Å². The summed E-state index contributed by atoms with van der Waals surface area (Å²) in [6.45, 7) is 0.964. The van der Waals surface area contributed by atoms with Crippen LogP contribution in [0.2, 0.25) is 0 Å². The first-order valence-electron chi connectivity index (χ1n) is 5.21. The van der Waals surface area contributed by atoms with Crippen molar-refractivity contribution in [3.63, 3.8) is 0 Å². The number of hydrogen-bond acceptors (Lipinski definition) is 4. The fraction of sp³-hybridized carbons (Fsp3) is 0.455. The number of hydrogen-bond donors (Lipinski definition) is 1. The lowest BCUT2D eigenvalue weighted by Gasteiger charge is -2.20. The average molecular weight is 321 g/mol. The Bertz CT molecular complexity index is 488. The predicted molar refractivity (Wildman–Crippen MR) is 75.0 cm³/mol. The highest BCUT2D eigenvalue weighted by Gasteiger charge is 2.09. The van der Waals surface area contributed by atoms with Gasteiger partial charge in [-0.05, 0) is 33.6 Å². The molecule has 1 aromatic rings. The Kier molecular flexibility index (Phi) is 4.97. The van der Waals surface area contributed by atoms with Gasteiger partial charge in [0, 0.05) is 30.9 Å². The van der Waals surface area contributed by atoms with Gasteiger partial charge in [-0.3, -0.25) is 0 Å². The van der Waals surface area contributed by atoms with Gasteiger partial charge in [-0.1, -0.05) is 6.07 Å². The van der Waals surface area contributed by atoms with E-state index in [1.807, 2.05) is 30.1 Å². The van der Waals surface area contributed by atoms with Gasteiger partial charge < -0.3 is 10.6 Å². The molecule has 0 bridgehead atoms. The van der Waals surface area contributed by atoms with E-state index in [9.17, 15) is 8.42 Å². The molecule has 0 aliphatic carbocycles. The van der Waals surface area contributed by atoms with Crippen molar-refractivity contribution in [3.05, 3.63) is 28.2 Å². The molecule has 0 aliphatic heterocycles. The van der Waals surface area contributed by atoms with Gasteiger partial charge in [0.1, 0.15) is 9.84 Å². The molecule has 1 aromatic carbocycles. The zero-order valence-electron chi connectivity index (χ0n) is 9.98. The third kappa shape index (κ3) is 4.65. The number of anilines is 1. The van der Waals surface area contributed by atoms with E-state index >= 15 is 0 Å². The molecule has 0 saturated heterocycles. The molecule has 6 heteroatoms. The quantitative estimate of drug-likeness (QED) is 0.890. The van der Waals surface area contributed by atoms with Crippen LogP contribution in [0, 0.1) is 0 Å². The molecule has 2 N–H and O–H groups in total. The highest BCUT2D eigenvalue weighted by Crippen LogP contribution is 2.26. The molecule has 1 rings (SSSR count). The summed E-state index contributed by atoms with van der Waals surface area (Å²) in [6.07, 6.45) is 1.24. The number of rotatable bonds is 5. The molecule has 0 unspecified atom stereocenters. The van der Waals surface area contributed by atoms with Crippen LogP contribution in [0.15, 0.2) is 22.7 Å². The first-order valence-corrected chi connectivity index (χ1v) is 8.06. The summed E-state index contributed by atoms with van der Waals surface area (Å²) in [5, 5.41) is 0. The highest BCUT2D eigenvalue weighted by atomic mass is 79.9. The fourth-order valence-electron chi connectivity index (χ4n) is 1.41. The number of nitrogens with zero attached hydrogens (tertiary/aromatic N) is 1. The Labute approximate surface area is 111 Å². The Morgan fingerprint density at radius 2 is 2.06 bits per heavy atom. The Balaban J connectivity index is 2.79. The normalized spacial score (nSPS) is 11.5. The molecule has 4 nitrogen and oxygen atoms in total. The van der Waals surface area contributed by atoms with Crippen molar-refractivity contribution in [3.8, 4) is 0 Å². The van der Waals surface area contributed by atoms with E-state index in [-0.39, 0.29) is 5.75 Å². The fourth-order valence-corrected chi connectivity index (χ4v) is 2.74. The van der Waals surface area contributed by atoms with Crippen LogP contribution >= 0.6 is 15.9 Å². The lowest BCUT2D eigenvalue weighted by Crippen LogP contribution is -2.25. The average Bonchev–Trinajstić information content (AvgIpc) is 2.24. The van der Waals surface area contributed by atoms with Crippen LogP contribution in [0.1, 0.15) is 5.56 Å². The van der Waals surface area contributed by atoms with E-state index in [0.717, 1.165) is 15.7 Å². The van der Waals surface area contributed by atoms with Gasteiger partial charge >= 0.3 is 0 Å². The molecular weight excluding hydrogens is 304 g/mol. The zero-order valence-corrected chi connectivity index (χ0v) is 12.4. The number of benzene rings is 1. The lowest BCUT2D eigenvalue weighted by atomic mass is 10.2. The molecule has 96 valence electrons. The van der Waals surface area contributed by atoms with Gasteiger partial charge in [-0.15, -0.1) is 0 Å². The Morgan fingerprint density at radius 3 is 2.53 bits per heavy atom. The molecule has 0 spiro atoms. The molecular formula is C11H17BrN2O2S. The minimum absolute atomic E-state index is 0.147. The summed E-state index contributed by atoms with van der Waals surface area (Å²) in [5.74, 6) is 0.147. The van der Waals surface area contributed by atoms with Crippen molar-refractivity contribution in [1.82, 2.24) is 0 Å². The monoisotopic (exact) mass is 320 g/mol. The van der Waals surface area contributed by atoms with Crippen LogP contribution in [0.5, 0.6) is 0 Å². The number of nitrogens with two attached hydrogens (primary N) is 1. The van der Waals surface area contributed by atoms with Crippen molar-refractivity contribution in [2.24, 2.45) is 5.73 Å². The van der Waals surface area contributed by atoms with Gasteiger partial charge in [0.2, 0.25) is 0 Å². The van der Waals surface area contributed by atoms with Crippen LogP contribution in [0.4, 0.5) is 5.69 Å². The topological polar surface area (TPSA) is 63.4 Å². The van der Waals surface area contributed by atoms with Gasteiger partial charge in [0.15, 0.2) is 0 Å². The molecule has 0 heterocycles. The molecule has 0 atom stereocenters. The largest absolute Gasteiger partial charge is 0.373 e. The summed E-state index contributed by atoms with van der Waals surface area (Å²) in [4.78, 5) is 1.91. The van der Waals surface area contributed by atoms with E-state index in [1.165, 1.54) is 6.26 Å². The zero-order chi connectivity index (χ0) is 13.1. The van der Waals surface area contributed by atoms with Crippen LogP contribution in [0.25, 0.3) is 0 Å². The standard InChI is InChI=1S/C11H17BrN2O2S/c1-14(5-6-17(2,15)16)11-4-3-9(8-13)7-10(11)12/h3-4,7H,5-6,8,13H2,1-2H3. The summed E-state index contributed by atoms with van der Waals surface area (Å²) < 4.78 is 23.1. The second-order valence-corrected chi connectivity index (χ2v) is 7.16. The smallest absolute Gasteiger partial charge is 0.149 e. The van der Waals surface area contributed by atoms with E-state index in [2.05, 4.69) is 15.9 Å². The van der Waals surface area contributed by atoms with Gasteiger partial charge in [0.25, 0.3) is 0 Å². The van der Waals surface area contributed by atoms with Crippen molar-refractivity contribution in [1.29, 1.82) is 0 Å². The molecule has 0 saturated carbocycles. The molecule has 0 radical (unpaired) electrons. The summed E-state index contributed by atoms with van der Waals surface area (Å²) in [5.41, 5.74) is 7.55. The number of sulfone groups is 1. The van der Waals surface area contributed by atoms with Crippen LogP contribution < -0.4 is 10.6 Å². The van der Waals surface area contributed by atoms with E-state index in [4.69, 9.17) is 5.73 Å². The molecule has 0 aliphatic rings. The first kappa shape index (κ1) is 14.5. The van der Waals surface area contributed by atoms with Crippen molar-refractivity contribution < 1.29 is 8.42 Å². The van der Waals surface area contributed by atoms with Crippen molar-refractivity contribution in [2.75, 3.05) is 30.5 Å². The molecule has 0 fully saturated rings. The van der Waals surface area contributed by atoms with Gasteiger partial charge in [0.05, 0.1) is 11.4 Å². The van der Waals surface area contributed by atoms with Crippen molar-refractivity contribution >= 4 is 31.5 Å². The molecule has 17 heavy (non-hydrogen) atoms. The van der Waals surface area contributed by atoms with Crippen molar-refractivity contribution in [2.45, 2.75) is 6.54 Å². The maximum Gasteiger partial charge on any atom is 0.149 e. The minimum Gasteiger partial charge on any atom is -0.373 e. The van der Waals surface area contributed by atoms with Crippen LogP contribution in [0.3, 0.4) is 0 Å². The Hall–Kier alpha value is -0.590. The molecule has 0 amide bonds. The second-order valence-electron chi connectivity index (χ2n) is 4.04. The third-order valence-corrected chi connectivity index (χ3v) is 4.02. The van der Waals surface area contributed by atoms with E-state index in [0.29, 0.717) is 13.1 Å². The lowest BCUT2D eigenvalue weighted by molar-refractivity contribution is 0.601. The van der Waals surface area contributed by atoms with E-state index in [1.54, 1.807) is 0 Å². The Morgan fingerprint density at radius 1 is 1.41 bits per heavy atom. The minimum atomic E-state index is -2.93. The second kappa shape index (κ2) is 5.84. The van der Waals surface area contributed by atoms with Gasteiger partial charge in [-0.2, -0.15) is 0 Å². The van der Waals surface area contributed by atoms with Crippen LogP contribution in [-0.2, 0) is 16.4 Å². The maximum absolute atomic E-state index is 11.1. The summed E-state index contributed by atoms with van der Waals surface area (Å²) >= 11 is 3.46. The number of halogens is 1.